The molecule has 5 nitrogen and oxygen atoms in total. The second-order valence-electron chi connectivity index (χ2n) is 5.60. The van der Waals surface area contributed by atoms with E-state index >= 15 is 0 Å². The zero-order valence-corrected chi connectivity index (χ0v) is 17.0. The van der Waals surface area contributed by atoms with Gasteiger partial charge < -0.3 is 5.32 Å². The number of benzene rings is 2. The zero-order valence-electron chi connectivity index (χ0n) is 13.9. The first kappa shape index (κ1) is 19.8. The molecule has 27 heavy (non-hydrogen) atoms. The highest BCUT2D eigenvalue weighted by Crippen LogP contribution is 2.30. The van der Waals surface area contributed by atoms with Crippen molar-refractivity contribution in [2.75, 3.05) is 11.1 Å². The number of nitrogens with one attached hydrogen (secondary N) is 1. The number of anilines is 1. The number of sulfone groups is 1. The Morgan fingerprint density at radius 1 is 1.07 bits per heavy atom. The van der Waals surface area contributed by atoms with Gasteiger partial charge in [-0.2, -0.15) is 0 Å². The summed E-state index contributed by atoms with van der Waals surface area (Å²) in [6, 6.07) is 13.2. The first-order valence-electron chi connectivity index (χ1n) is 7.84. The lowest BCUT2D eigenvalue weighted by Crippen LogP contribution is -2.17. The van der Waals surface area contributed by atoms with E-state index in [-0.39, 0.29) is 17.1 Å². The van der Waals surface area contributed by atoms with Crippen molar-refractivity contribution in [3.05, 3.63) is 64.0 Å². The smallest absolute Gasteiger partial charge is 0.227 e. The van der Waals surface area contributed by atoms with Gasteiger partial charge in [-0.1, -0.05) is 47.5 Å². The fourth-order valence-electron chi connectivity index (χ4n) is 2.27. The molecule has 0 radical (unpaired) electrons. The second-order valence-corrected chi connectivity index (χ2v) is 9.38. The molecule has 0 fully saturated rings. The number of carbonyl (C=O) groups is 1. The molecular weight excluding hydrogens is 427 g/mol. The Morgan fingerprint density at radius 2 is 1.81 bits per heavy atom. The topological polar surface area (TPSA) is 76.1 Å². The molecule has 3 rings (SSSR count). The van der Waals surface area contributed by atoms with Crippen LogP contribution in [0, 0.1) is 0 Å². The maximum absolute atomic E-state index is 12.2. The summed E-state index contributed by atoms with van der Waals surface area (Å²) in [5.41, 5.74) is 1.42. The van der Waals surface area contributed by atoms with Crippen molar-refractivity contribution >= 4 is 55.4 Å². The molecule has 0 saturated carbocycles. The molecule has 2 aromatic carbocycles. The summed E-state index contributed by atoms with van der Waals surface area (Å²) in [7, 11) is -3.50. The molecule has 0 unspecified atom stereocenters. The molecular formula is C18H14Cl2N2O3S2. The van der Waals surface area contributed by atoms with Gasteiger partial charge in [0, 0.05) is 17.4 Å². The van der Waals surface area contributed by atoms with Gasteiger partial charge in [0.15, 0.2) is 15.0 Å². The van der Waals surface area contributed by atoms with Crippen LogP contribution in [0.4, 0.5) is 5.13 Å². The van der Waals surface area contributed by atoms with Crippen LogP contribution in [0.15, 0.2) is 58.8 Å². The van der Waals surface area contributed by atoms with E-state index < -0.39 is 15.7 Å². The molecule has 0 aliphatic heterocycles. The Kier molecular flexibility index (Phi) is 6.16. The van der Waals surface area contributed by atoms with Crippen LogP contribution in [-0.4, -0.2) is 25.1 Å². The van der Waals surface area contributed by atoms with Gasteiger partial charge in [0.2, 0.25) is 5.91 Å². The summed E-state index contributed by atoms with van der Waals surface area (Å²) < 4.78 is 24.4. The van der Waals surface area contributed by atoms with Crippen LogP contribution in [0.2, 0.25) is 10.0 Å². The first-order chi connectivity index (χ1) is 12.8. The van der Waals surface area contributed by atoms with Crippen LogP contribution >= 0.6 is 34.5 Å². The normalized spacial score (nSPS) is 11.3. The number of hydrogen-bond acceptors (Lipinski definition) is 5. The molecule has 1 amide bonds. The first-order valence-corrected chi connectivity index (χ1v) is 11.1. The van der Waals surface area contributed by atoms with Gasteiger partial charge in [-0.3, -0.25) is 4.79 Å². The van der Waals surface area contributed by atoms with E-state index in [1.165, 1.54) is 23.5 Å². The number of nitrogens with zero attached hydrogens (tertiary/aromatic N) is 1. The minimum atomic E-state index is -3.50. The Balaban J connectivity index is 1.62. The molecule has 0 aliphatic rings. The summed E-state index contributed by atoms with van der Waals surface area (Å²) in [4.78, 5) is 16.6. The van der Waals surface area contributed by atoms with E-state index in [1.807, 2.05) is 0 Å². The number of halogens is 2. The standard InChI is InChI=1S/C18H14Cl2N2O3S2/c19-14-7-6-12(10-15(14)20)16-11-26-18(21-16)22-17(23)8-9-27(24,25)13-4-2-1-3-5-13/h1-7,10-11H,8-9H2,(H,21,22,23). The van der Waals surface area contributed by atoms with E-state index in [0.717, 1.165) is 5.56 Å². The monoisotopic (exact) mass is 440 g/mol. The third-order valence-corrected chi connectivity index (χ3v) is 6.89. The average molecular weight is 441 g/mol. The van der Waals surface area contributed by atoms with Crippen molar-refractivity contribution in [1.82, 2.24) is 4.98 Å². The Hall–Kier alpha value is -1.93. The summed E-state index contributed by atoms with van der Waals surface area (Å²) in [6.45, 7) is 0. The Morgan fingerprint density at radius 3 is 2.52 bits per heavy atom. The molecule has 140 valence electrons. The maximum Gasteiger partial charge on any atom is 0.227 e. The number of rotatable bonds is 6. The van der Waals surface area contributed by atoms with E-state index in [4.69, 9.17) is 23.2 Å². The molecule has 0 bridgehead atoms. The van der Waals surface area contributed by atoms with Crippen LogP contribution < -0.4 is 5.32 Å². The van der Waals surface area contributed by atoms with Crippen molar-refractivity contribution in [2.24, 2.45) is 0 Å². The number of aromatic nitrogens is 1. The van der Waals surface area contributed by atoms with Crippen molar-refractivity contribution in [2.45, 2.75) is 11.3 Å². The van der Waals surface area contributed by atoms with E-state index in [9.17, 15) is 13.2 Å². The predicted octanol–water partition coefficient (Wildman–Crippen LogP) is 4.92. The van der Waals surface area contributed by atoms with Crippen LogP contribution in [-0.2, 0) is 14.6 Å². The molecule has 1 heterocycles. The number of amides is 1. The summed E-state index contributed by atoms with van der Waals surface area (Å²) in [6.07, 6.45) is -0.154. The average Bonchev–Trinajstić information content (AvgIpc) is 3.11. The van der Waals surface area contributed by atoms with Gasteiger partial charge in [-0.15, -0.1) is 11.3 Å². The van der Waals surface area contributed by atoms with Gasteiger partial charge in [0.05, 0.1) is 26.4 Å². The van der Waals surface area contributed by atoms with Gasteiger partial charge in [0.1, 0.15) is 0 Å². The third kappa shape index (κ3) is 5.07. The van der Waals surface area contributed by atoms with Crippen molar-refractivity contribution in [3.63, 3.8) is 0 Å². The van der Waals surface area contributed by atoms with Crippen LogP contribution in [0.3, 0.4) is 0 Å². The summed E-state index contributed by atoms with van der Waals surface area (Å²) in [5, 5.41) is 5.65. The highest BCUT2D eigenvalue weighted by atomic mass is 35.5. The third-order valence-electron chi connectivity index (χ3n) is 3.67. The van der Waals surface area contributed by atoms with Crippen LogP contribution in [0.5, 0.6) is 0 Å². The molecule has 0 atom stereocenters. The predicted molar refractivity (Wildman–Crippen MR) is 109 cm³/mol. The molecule has 1 aromatic heterocycles. The molecule has 0 aliphatic carbocycles. The molecule has 3 aromatic rings. The van der Waals surface area contributed by atoms with Gasteiger partial charge >= 0.3 is 0 Å². The van der Waals surface area contributed by atoms with Crippen LogP contribution in [0.25, 0.3) is 11.3 Å². The second kappa shape index (κ2) is 8.39. The lowest BCUT2D eigenvalue weighted by atomic mass is 10.2. The number of thiazole rings is 1. The number of hydrogen-bond donors (Lipinski definition) is 1. The van der Waals surface area contributed by atoms with Crippen molar-refractivity contribution in [1.29, 1.82) is 0 Å². The van der Waals surface area contributed by atoms with Gasteiger partial charge in [-0.05, 0) is 24.3 Å². The SMILES string of the molecule is O=C(CCS(=O)(=O)c1ccccc1)Nc1nc(-c2ccc(Cl)c(Cl)c2)cs1. The fraction of sp³-hybridized carbons (Fsp3) is 0.111. The van der Waals surface area contributed by atoms with E-state index in [0.29, 0.717) is 20.9 Å². The van der Waals surface area contributed by atoms with E-state index in [1.54, 1.807) is 41.8 Å². The molecule has 1 N–H and O–H groups in total. The number of carbonyl (C=O) groups excluding carboxylic acids is 1. The summed E-state index contributed by atoms with van der Waals surface area (Å²) in [5.74, 6) is -0.682. The van der Waals surface area contributed by atoms with Crippen molar-refractivity contribution in [3.8, 4) is 11.3 Å². The lowest BCUT2D eigenvalue weighted by Gasteiger charge is -2.04. The summed E-state index contributed by atoms with van der Waals surface area (Å²) >= 11 is 13.2. The fourth-order valence-corrected chi connectivity index (χ4v) is 4.57. The quantitative estimate of drug-likeness (QED) is 0.589. The Labute approximate surface area is 170 Å². The minimum Gasteiger partial charge on any atom is -0.302 e. The Bertz CT molecular complexity index is 1070. The minimum absolute atomic E-state index is 0.154. The highest BCUT2D eigenvalue weighted by Gasteiger charge is 2.17. The molecule has 0 spiro atoms. The largest absolute Gasteiger partial charge is 0.302 e. The van der Waals surface area contributed by atoms with Crippen LogP contribution in [0.1, 0.15) is 6.42 Å². The van der Waals surface area contributed by atoms with E-state index in [2.05, 4.69) is 10.3 Å². The lowest BCUT2D eigenvalue weighted by molar-refractivity contribution is -0.115. The molecule has 0 saturated heterocycles. The van der Waals surface area contributed by atoms with Gasteiger partial charge in [0.25, 0.3) is 0 Å². The van der Waals surface area contributed by atoms with Gasteiger partial charge in [-0.25, -0.2) is 13.4 Å². The zero-order chi connectivity index (χ0) is 19.4. The molecule has 9 heteroatoms. The highest BCUT2D eigenvalue weighted by molar-refractivity contribution is 7.91. The maximum atomic E-state index is 12.2. The van der Waals surface area contributed by atoms with Crippen molar-refractivity contribution < 1.29 is 13.2 Å².